The van der Waals surface area contributed by atoms with Crippen LogP contribution in [0.4, 0.5) is 0 Å². The molecule has 1 aliphatic heterocycles. The van der Waals surface area contributed by atoms with E-state index in [0.717, 1.165) is 0 Å². The highest BCUT2D eigenvalue weighted by molar-refractivity contribution is 7.98. The molecule has 10 atom stereocenters. The Morgan fingerprint density at radius 2 is 0.960 bits per heavy atom. The van der Waals surface area contributed by atoms with Crippen LogP contribution in [0.25, 0.3) is 0 Å². The van der Waals surface area contributed by atoms with Crippen molar-refractivity contribution < 1.29 is 62.3 Å². The van der Waals surface area contributed by atoms with Crippen molar-refractivity contribution >= 4 is 106 Å². The SMILES string of the molecule is CSCC[C@H](NC(=O)[C@H](CC(C)C)NC(=O)CNC(=O)[C@H](Cc1ccccc1)NC(=O)[C@H](Cc1ccccc1)NC(=O)[C@H](CCC(N)=O)NC(=O)[C@H](CCSC)NC(=O)CNC(=O)[C@H](CCCCN)NC(=O)[C@@H]1CCCN1C(=O)[C@H](CCCN=C(N)N)NC(=O)[C@@H](N)CCCCN)C(N)=O. The molecule has 0 aliphatic carbocycles. The molecule has 32 nitrogen and oxygen atoms in total. The molecule has 24 N–H and O–H groups in total. The predicted molar refractivity (Wildman–Crippen MR) is 383 cm³/mol. The fourth-order valence-electron chi connectivity index (χ4n) is 10.8. The minimum Gasteiger partial charge on any atom is -0.370 e. The van der Waals surface area contributed by atoms with Gasteiger partial charge in [-0.15, -0.1) is 0 Å². The zero-order valence-corrected chi connectivity index (χ0v) is 59.5. The van der Waals surface area contributed by atoms with Crippen LogP contribution < -0.4 is 93.3 Å². The van der Waals surface area contributed by atoms with Crippen molar-refractivity contribution in [3.63, 3.8) is 0 Å². The van der Waals surface area contributed by atoms with Gasteiger partial charge in [-0.2, -0.15) is 23.5 Å². The van der Waals surface area contributed by atoms with Crippen molar-refractivity contribution in [3.05, 3.63) is 71.8 Å². The molecule has 0 saturated carbocycles. The minimum atomic E-state index is -1.56. The molecule has 1 heterocycles. The van der Waals surface area contributed by atoms with Crippen LogP contribution in [0.2, 0.25) is 0 Å². The molecule has 34 heteroatoms. The van der Waals surface area contributed by atoms with Crippen molar-refractivity contribution in [1.29, 1.82) is 0 Å². The van der Waals surface area contributed by atoms with Crippen LogP contribution in [0.3, 0.4) is 0 Å². The first-order valence-electron chi connectivity index (χ1n) is 33.8. The number of carbonyl (C=O) groups excluding carboxylic acids is 13. The lowest BCUT2D eigenvalue weighted by molar-refractivity contribution is -0.142. The van der Waals surface area contributed by atoms with E-state index >= 15 is 0 Å². The Labute approximate surface area is 593 Å². The minimum absolute atomic E-state index is 0.00289. The average molecular weight is 1440 g/mol. The summed E-state index contributed by atoms with van der Waals surface area (Å²) in [7, 11) is 0. The van der Waals surface area contributed by atoms with Gasteiger partial charge in [0.15, 0.2) is 5.96 Å². The molecular formula is C66H107N19O13S2. The maximum atomic E-state index is 14.7. The maximum Gasteiger partial charge on any atom is 0.245 e. The van der Waals surface area contributed by atoms with Crippen LogP contribution in [0, 0.1) is 5.92 Å². The molecule has 0 spiro atoms. The van der Waals surface area contributed by atoms with Gasteiger partial charge in [0.05, 0.1) is 19.1 Å². The van der Waals surface area contributed by atoms with Crippen LogP contribution >= 0.6 is 23.5 Å². The monoisotopic (exact) mass is 1440 g/mol. The Morgan fingerprint density at radius 3 is 1.48 bits per heavy atom. The molecule has 1 fully saturated rings. The van der Waals surface area contributed by atoms with Crippen LogP contribution in [0.15, 0.2) is 65.7 Å². The molecule has 1 aliphatic rings. The average Bonchev–Trinajstić information content (AvgIpc) is 1.61. The molecule has 556 valence electrons. The number of guanidine groups is 1. The number of rotatable bonds is 49. The molecule has 0 unspecified atom stereocenters. The summed E-state index contributed by atoms with van der Waals surface area (Å²) in [5.74, 6) is -9.28. The lowest BCUT2D eigenvalue weighted by atomic mass is 10.0. The summed E-state index contributed by atoms with van der Waals surface area (Å²) in [6.45, 7) is 3.34. The Kier molecular flexibility index (Phi) is 40.6. The van der Waals surface area contributed by atoms with Crippen molar-refractivity contribution in [1.82, 2.24) is 58.1 Å². The summed E-state index contributed by atoms with van der Waals surface area (Å²) in [5.41, 5.74) is 40.8. The van der Waals surface area contributed by atoms with Gasteiger partial charge in [0.2, 0.25) is 76.8 Å². The molecular weight excluding hydrogens is 1330 g/mol. The number of carbonyl (C=O) groups is 13. The Bertz CT molecular complexity index is 3010. The predicted octanol–water partition coefficient (Wildman–Crippen LogP) is -3.48. The summed E-state index contributed by atoms with van der Waals surface area (Å²) in [4.78, 5) is 184. The van der Waals surface area contributed by atoms with E-state index in [1.165, 1.54) is 28.4 Å². The zero-order chi connectivity index (χ0) is 74.1. The second-order valence-electron chi connectivity index (χ2n) is 24.8. The number of likely N-dealkylation sites (tertiary alicyclic amines) is 1. The number of hydrogen-bond donors (Lipinski definition) is 17. The van der Waals surface area contributed by atoms with Gasteiger partial charge < -0.3 is 98.2 Å². The fourth-order valence-corrected chi connectivity index (χ4v) is 11.7. The second kappa shape index (κ2) is 47.4. The third kappa shape index (κ3) is 33.0. The highest BCUT2D eigenvalue weighted by Crippen LogP contribution is 2.21. The van der Waals surface area contributed by atoms with Gasteiger partial charge in [-0.1, -0.05) is 80.9 Å². The summed E-state index contributed by atoms with van der Waals surface area (Å²) < 4.78 is 0. The number of nitrogens with zero attached hydrogens (tertiary/aromatic N) is 2. The molecule has 0 aromatic heterocycles. The lowest BCUT2D eigenvalue weighted by Crippen LogP contribution is -2.59. The molecule has 2 aromatic rings. The molecule has 1 saturated heterocycles. The molecule has 13 amide bonds. The van der Waals surface area contributed by atoms with Gasteiger partial charge in [-0.25, -0.2) is 0 Å². The number of nitrogens with two attached hydrogens (primary N) is 7. The normalized spacial score (nSPS) is 15.3. The zero-order valence-electron chi connectivity index (χ0n) is 57.9. The smallest absolute Gasteiger partial charge is 0.245 e. The Balaban J connectivity index is 1.84. The highest BCUT2D eigenvalue weighted by atomic mass is 32.2. The fraction of sp³-hybridized carbons (Fsp3) is 0.606. The third-order valence-corrected chi connectivity index (χ3v) is 17.5. The van der Waals surface area contributed by atoms with Gasteiger partial charge in [0, 0.05) is 32.4 Å². The van der Waals surface area contributed by atoms with Gasteiger partial charge in [-0.05, 0) is 138 Å². The Morgan fingerprint density at radius 1 is 0.510 bits per heavy atom. The molecule has 100 heavy (non-hydrogen) atoms. The number of amides is 13. The summed E-state index contributed by atoms with van der Waals surface area (Å²) in [5, 5.41) is 26.4. The summed E-state index contributed by atoms with van der Waals surface area (Å²) in [6, 6.07) is 5.01. The standard InChI is InChI=1S/C66H107N19O13S2/c1-40(2)35-49(62(95)79-44(56(71)89)27-33-99-3)78-55(88)39-76-59(92)50(36-41-17-7-5-8-18-41)83-63(96)51(37-42-19-9-6-10-20-42)84-60(93)46(25-26-53(70)86)80-61(94)47(28-34-100-4)77-54(87)38-75-58(91)45(22-12-14-30-68)81-64(97)52-24-16-32-85(52)65(98)48(23-15-31-74-66(72)73)82-57(90)43(69)21-11-13-29-67/h5-10,17-20,40,43-52H,11-16,21-39,67-69H2,1-4H3,(H2,70,86)(H2,71,89)(H,75,91)(H,76,92)(H,77,87)(H,78,88)(H,79,95)(H,80,94)(H,81,97)(H,82,90)(H,83,96)(H,84,93)(H4,72,73,74)/t43-,44-,45-,46-,47-,48-,49-,50-,51-,52-/m0/s1. The quantitative estimate of drug-likeness (QED) is 0.0174. The molecule has 0 bridgehead atoms. The number of hydrogen-bond acceptors (Lipinski definition) is 19. The number of benzene rings is 2. The first-order chi connectivity index (χ1) is 47.7. The number of nitrogens with one attached hydrogen (secondary N) is 10. The van der Waals surface area contributed by atoms with E-state index in [9.17, 15) is 62.3 Å². The van der Waals surface area contributed by atoms with E-state index in [1.807, 2.05) is 20.1 Å². The van der Waals surface area contributed by atoms with E-state index in [4.69, 9.17) is 40.1 Å². The van der Waals surface area contributed by atoms with Crippen molar-refractivity contribution in [2.24, 2.45) is 51.0 Å². The third-order valence-electron chi connectivity index (χ3n) is 16.2. The van der Waals surface area contributed by atoms with Crippen LogP contribution in [0.1, 0.15) is 121 Å². The van der Waals surface area contributed by atoms with Gasteiger partial charge in [0.25, 0.3) is 0 Å². The van der Waals surface area contributed by atoms with E-state index in [2.05, 4.69) is 58.2 Å². The number of thioether (sulfide) groups is 2. The Hall–Kier alpha value is -8.60. The number of unbranched alkanes of at least 4 members (excludes halogenated alkanes) is 2. The molecule has 0 radical (unpaired) electrons. The summed E-state index contributed by atoms with van der Waals surface area (Å²) >= 11 is 2.79. The molecule has 3 rings (SSSR count). The van der Waals surface area contributed by atoms with E-state index < -0.39 is 157 Å². The lowest BCUT2D eigenvalue weighted by Gasteiger charge is -2.30. The maximum absolute atomic E-state index is 14.7. The van der Waals surface area contributed by atoms with Crippen LogP contribution in [-0.4, -0.2) is 211 Å². The number of aliphatic imine (C=N–C) groups is 1. The van der Waals surface area contributed by atoms with Crippen molar-refractivity contribution in [3.8, 4) is 0 Å². The second-order valence-corrected chi connectivity index (χ2v) is 26.8. The molecule has 2 aromatic carbocycles. The largest absolute Gasteiger partial charge is 0.370 e. The highest BCUT2D eigenvalue weighted by Gasteiger charge is 2.40. The van der Waals surface area contributed by atoms with Gasteiger partial charge in [-0.3, -0.25) is 67.3 Å². The van der Waals surface area contributed by atoms with Crippen molar-refractivity contribution in [2.45, 2.75) is 183 Å². The summed E-state index contributed by atoms with van der Waals surface area (Å²) in [6.07, 6.45) is 6.53. The number of primary amides is 2. The van der Waals surface area contributed by atoms with Crippen molar-refractivity contribution in [2.75, 3.05) is 63.3 Å². The van der Waals surface area contributed by atoms with E-state index in [1.54, 1.807) is 66.9 Å². The first-order valence-corrected chi connectivity index (χ1v) is 36.6. The topological polar surface area (TPSA) is 540 Å². The first kappa shape index (κ1) is 85.6. The van der Waals surface area contributed by atoms with E-state index in [-0.39, 0.29) is 89.3 Å². The van der Waals surface area contributed by atoms with E-state index in [0.29, 0.717) is 74.1 Å². The van der Waals surface area contributed by atoms with Gasteiger partial charge >= 0.3 is 0 Å². The van der Waals surface area contributed by atoms with Crippen LogP contribution in [-0.2, 0) is 75.2 Å². The van der Waals surface area contributed by atoms with Gasteiger partial charge in [0.1, 0.15) is 54.4 Å². The van der Waals surface area contributed by atoms with Crippen LogP contribution in [0.5, 0.6) is 0 Å².